The number of hydrogen-bond acceptors (Lipinski definition) is 4. The summed E-state index contributed by atoms with van der Waals surface area (Å²) in [4.78, 5) is 11.5. The van der Waals surface area contributed by atoms with Crippen molar-refractivity contribution in [3.63, 3.8) is 0 Å². The van der Waals surface area contributed by atoms with Crippen LogP contribution in [-0.4, -0.2) is 15.7 Å². The van der Waals surface area contributed by atoms with Gasteiger partial charge in [0.2, 0.25) is 0 Å². The Morgan fingerprint density at radius 1 is 1.61 bits per heavy atom. The predicted molar refractivity (Wildman–Crippen MR) is 68.9 cm³/mol. The van der Waals surface area contributed by atoms with Crippen molar-refractivity contribution in [1.29, 1.82) is 0 Å². The lowest BCUT2D eigenvalue weighted by Crippen LogP contribution is -2.30. The van der Waals surface area contributed by atoms with Gasteiger partial charge < -0.3 is 4.42 Å². The van der Waals surface area contributed by atoms with Gasteiger partial charge in [-0.25, -0.2) is 5.84 Å². The molecule has 18 heavy (non-hydrogen) atoms. The van der Waals surface area contributed by atoms with Crippen LogP contribution >= 0.6 is 15.9 Å². The summed E-state index contributed by atoms with van der Waals surface area (Å²) in [6.07, 6.45) is 1.46. The molecule has 2 rings (SSSR count). The van der Waals surface area contributed by atoms with E-state index < -0.39 is 0 Å². The van der Waals surface area contributed by atoms with E-state index >= 15 is 0 Å². The number of hydrazine groups is 1. The first-order valence-electron chi connectivity index (χ1n) is 5.31. The van der Waals surface area contributed by atoms with Crippen molar-refractivity contribution in [2.45, 2.75) is 20.4 Å². The summed E-state index contributed by atoms with van der Waals surface area (Å²) in [6.45, 7) is 4.23. The van der Waals surface area contributed by atoms with E-state index in [0.717, 1.165) is 15.9 Å². The lowest BCUT2D eigenvalue weighted by Gasteiger charge is -2.04. The molecule has 7 heteroatoms. The van der Waals surface area contributed by atoms with E-state index in [1.165, 1.54) is 6.26 Å². The number of aryl methyl sites for hydroxylation is 1. The van der Waals surface area contributed by atoms with Gasteiger partial charge in [0, 0.05) is 0 Å². The number of nitrogens with one attached hydrogen (secondary N) is 1. The van der Waals surface area contributed by atoms with Crippen LogP contribution in [0.15, 0.2) is 21.2 Å². The Morgan fingerprint density at radius 3 is 2.89 bits per heavy atom. The number of halogens is 1. The highest BCUT2D eigenvalue weighted by atomic mass is 79.9. The van der Waals surface area contributed by atoms with Crippen LogP contribution in [0.3, 0.4) is 0 Å². The highest BCUT2D eigenvalue weighted by molar-refractivity contribution is 9.10. The standard InChI is InChI=1S/C11H13BrN4O2/c1-6-10(12)7(2)16(15-6)5-9-8(3-4-18-9)11(17)14-13/h3-4H,5,13H2,1-2H3,(H,14,17). The fraction of sp³-hybridized carbons (Fsp3) is 0.273. The first kappa shape index (κ1) is 12.8. The molecule has 3 N–H and O–H groups in total. The van der Waals surface area contributed by atoms with Crippen LogP contribution < -0.4 is 11.3 Å². The number of nitrogen functional groups attached to an aromatic ring is 1. The van der Waals surface area contributed by atoms with E-state index in [4.69, 9.17) is 10.3 Å². The third-order valence-electron chi connectivity index (χ3n) is 2.71. The minimum atomic E-state index is -0.376. The predicted octanol–water partition coefficient (Wildman–Crippen LogP) is 1.51. The molecule has 0 fully saturated rings. The van der Waals surface area contributed by atoms with Crippen molar-refractivity contribution in [2.75, 3.05) is 0 Å². The molecule has 2 heterocycles. The van der Waals surface area contributed by atoms with Gasteiger partial charge in [-0.05, 0) is 35.8 Å². The quantitative estimate of drug-likeness (QED) is 0.511. The van der Waals surface area contributed by atoms with Gasteiger partial charge in [-0.15, -0.1) is 0 Å². The molecule has 0 aromatic carbocycles. The molecule has 0 bridgehead atoms. The van der Waals surface area contributed by atoms with E-state index in [2.05, 4.69) is 26.5 Å². The zero-order valence-electron chi connectivity index (χ0n) is 10.0. The smallest absolute Gasteiger partial charge is 0.268 e. The van der Waals surface area contributed by atoms with Crippen molar-refractivity contribution < 1.29 is 9.21 Å². The Balaban J connectivity index is 2.32. The molecule has 2 aromatic rings. The maximum Gasteiger partial charge on any atom is 0.268 e. The van der Waals surface area contributed by atoms with Crippen LogP contribution in [0.25, 0.3) is 0 Å². The summed E-state index contributed by atoms with van der Waals surface area (Å²) in [5.74, 6) is 5.26. The molecule has 0 saturated heterocycles. The van der Waals surface area contributed by atoms with Crippen molar-refractivity contribution in [1.82, 2.24) is 15.2 Å². The topological polar surface area (TPSA) is 86.1 Å². The minimum Gasteiger partial charge on any atom is -0.467 e. The van der Waals surface area contributed by atoms with E-state index in [1.54, 1.807) is 10.7 Å². The number of furan rings is 1. The third kappa shape index (κ3) is 2.19. The molecule has 0 spiro atoms. The Bertz CT molecular complexity index is 588. The van der Waals surface area contributed by atoms with Crippen LogP contribution in [0.5, 0.6) is 0 Å². The Hall–Kier alpha value is -1.60. The summed E-state index contributed by atoms with van der Waals surface area (Å²) >= 11 is 3.45. The first-order chi connectivity index (χ1) is 8.54. The second-order valence-corrected chi connectivity index (χ2v) is 4.67. The highest BCUT2D eigenvalue weighted by Crippen LogP contribution is 2.21. The van der Waals surface area contributed by atoms with Gasteiger partial charge in [0.1, 0.15) is 12.3 Å². The van der Waals surface area contributed by atoms with E-state index in [-0.39, 0.29) is 5.91 Å². The van der Waals surface area contributed by atoms with Crippen molar-refractivity contribution >= 4 is 21.8 Å². The van der Waals surface area contributed by atoms with Crippen LogP contribution in [0.4, 0.5) is 0 Å². The molecule has 0 unspecified atom stereocenters. The van der Waals surface area contributed by atoms with E-state index in [0.29, 0.717) is 17.9 Å². The molecule has 6 nitrogen and oxygen atoms in total. The zero-order chi connectivity index (χ0) is 13.3. The number of nitrogens with zero attached hydrogens (tertiary/aromatic N) is 2. The van der Waals surface area contributed by atoms with Gasteiger partial charge >= 0.3 is 0 Å². The number of amides is 1. The zero-order valence-corrected chi connectivity index (χ0v) is 11.6. The lowest BCUT2D eigenvalue weighted by atomic mass is 10.2. The van der Waals surface area contributed by atoms with Crippen LogP contribution in [0, 0.1) is 13.8 Å². The summed E-state index contributed by atoms with van der Waals surface area (Å²) in [7, 11) is 0. The van der Waals surface area contributed by atoms with Crippen LogP contribution in [-0.2, 0) is 6.54 Å². The Labute approximate surface area is 112 Å². The van der Waals surface area contributed by atoms with Gasteiger partial charge in [-0.2, -0.15) is 5.10 Å². The molecule has 2 aromatic heterocycles. The largest absolute Gasteiger partial charge is 0.467 e. The van der Waals surface area contributed by atoms with Gasteiger partial charge in [0.25, 0.3) is 5.91 Å². The second-order valence-electron chi connectivity index (χ2n) is 3.87. The number of aromatic nitrogens is 2. The average molecular weight is 313 g/mol. The first-order valence-corrected chi connectivity index (χ1v) is 6.10. The Kier molecular flexibility index (Phi) is 3.53. The maximum atomic E-state index is 11.5. The van der Waals surface area contributed by atoms with Crippen molar-refractivity contribution in [2.24, 2.45) is 5.84 Å². The van der Waals surface area contributed by atoms with Gasteiger partial charge in [0.05, 0.1) is 27.7 Å². The molecular weight excluding hydrogens is 300 g/mol. The fourth-order valence-corrected chi connectivity index (χ4v) is 1.99. The third-order valence-corrected chi connectivity index (χ3v) is 3.86. The molecule has 1 amide bonds. The van der Waals surface area contributed by atoms with Gasteiger partial charge in [0.15, 0.2) is 0 Å². The average Bonchev–Trinajstić information content (AvgIpc) is 2.91. The van der Waals surface area contributed by atoms with E-state index in [1.807, 2.05) is 13.8 Å². The molecule has 0 atom stereocenters. The number of carbonyl (C=O) groups is 1. The van der Waals surface area contributed by atoms with Gasteiger partial charge in [-0.1, -0.05) is 0 Å². The Morgan fingerprint density at radius 2 is 2.33 bits per heavy atom. The normalized spacial score (nSPS) is 10.7. The molecule has 0 radical (unpaired) electrons. The number of hydrogen-bond donors (Lipinski definition) is 2. The molecule has 0 aliphatic carbocycles. The van der Waals surface area contributed by atoms with E-state index in [9.17, 15) is 4.79 Å². The number of nitrogens with two attached hydrogens (primary N) is 1. The molecule has 0 aliphatic heterocycles. The highest BCUT2D eigenvalue weighted by Gasteiger charge is 2.16. The van der Waals surface area contributed by atoms with Crippen LogP contribution in [0.2, 0.25) is 0 Å². The van der Waals surface area contributed by atoms with Crippen molar-refractivity contribution in [3.8, 4) is 0 Å². The molecular formula is C11H13BrN4O2. The number of rotatable bonds is 3. The molecule has 0 saturated carbocycles. The monoisotopic (exact) mass is 312 g/mol. The second kappa shape index (κ2) is 4.95. The fourth-order valence-electron chi connectivity index (χ4n) is 1.71. The summed E-state index contributed by atoms with van der Waals surface area (Å²) in [6, 6.07) is 1.58. The minimum absolute atomic E-state index is 0.376. The SMILES string of the molecule is Cc1nn(Cc2occc2C(=O)NN)c(C)c1Br. The van der Waals surface area contributed by atoms with Crippen molar-refractivity contribution in [3.05, 3.63) is 39.5 Å². The summed E-state index contributed by atoms with van der Waals surface area (Å²) in [5.41, 5.74) is 4.37. The molecule has 96 valence electrons. The van der Waals surface area contributed by atoms with Crippen LogP contribution in [0.1, 0.15) is 27.5 Å². The number of carbonyl (C=O) groups excluding carboxylic acids is 1. The maximum absolute atomic E-state index is 11.5. The summed E-state index contributed by atoms with van der Waals surface area (Å²) in [5, 5.41) is 4.36. The lowest BCUT2D eigenvalue weighted by molar-refractivity contribution is 0.0951. The summed E-state index contributed by atoms with van der Waals surface area (Å²) < 4.78 is 8.03. The van der Waals surface area contributed by atoms with Gasteiger partial charge in [-0.3, -0.25) is 14.9 Å². The molecule has 0 aliphatic rings.